The number of urea groups is 1. The largest absolute Gasteiger partial charge is 0.341 e. The zero-order chi connectivity index (χ0) is 13.2. The first-order chi connectivity index (χ1) is 9.29. The molecule has 6 heteroatoms. The van der Waals surface area contributed by atoms with Crippen molar-refractivity contribution in [2.45, 2.75) is 13.0 Å². The van der Waals surface area contributed by atoms with Crippen LogP contribution in [0.1, 0.15) is 11.3 Å². The molecule has 0 spiro atoms. The lowest BCUT2D eigenvalue weighted by Gasteiger charge is -2.26. The van der Waals surface area contributed by atoms with Crippen LogP contribution in [0.15, 0.2) is 24.5 Å². The van der Waals surface area contributed by atoms with E-state index in [1.165, 1.54) is 0 Å². The van der Waals surface area contributed by atoms with Crippen LogP contribution in [-0.2, 0) is 13.0 Å². The normalized spacial score (nSPS) is 14.1. The SMILES string of the molecule is CNC(=O)N1CCc2[nH]nc(-c3ccncc3)c2C1. The zero-order valence-corrected chi connectivity index (χ0v) is 10.7. The molecule has 2 aromatic heterocycles. The molecule has 1 aliphatic rings. The molecule has 0 aliphatic carbocycles. The zero-order valence-electron chi connectivity index (χ0n) is 10.7. The second-order valence-corrected chi connectivity index (χ2v) is 4.49. The molecule has 2 aromatic rings. The molecule has 0 fully saturated rings. The van der Waals surface area contributed by atoms with E-state index in [0.29, 0.717) is 13.1 Å². The maximum Gasteiger partial charge on any atom is 0.317 e. The van der Waals surface area contributed by atoms with E-state index in [1.54, 1.807) is 24.3 Å². The average molecular weight is 257 g/mol. The van der Waals surface area contributed by atoms with Crippen molar-refractivity contribution in [1.29, 1.82) is 0 Å². The Kier molecular flexibility index (Phi) is 2.91. The molecule has 98 valence electrons. The van der Waals surface area contributed by atoms with Gasteiger partial charge in [0.25, 0.3) is 0 Å². The molecule has 3 heterocycles. The fraction of sp³-hybridized carbons (Fsp3) is 0.308. The van der Waals surface area contributed by atoms with Crippen LogP contribution in [0.25, 0.3) is 11.3 Å². The van der Waals surface area contributed by atoms with Gasteiger partial charge in [0.15, 0.2) is 0 Å². The summed E-state index contributed by atoms with van der Waals surface area (Å²) in [5.41, 5.74) is 4.14. The van der Waals surface area contributed by atoms with Gasteiger partial charge in [0.05, 0.1) is 12.2 Å². The Morgan fingerprint density at radius 1 is 1.42 bits per heavy atom. The van der Waals surface area contributed by atoms with Crippen molar-refractivity contribution in [3.8, 4) is 11.3 Å². The monoisotopic (exact) mass is 257 g/mol. The molecule has 0 atom stereocenters. The molecule has 0 saturated heterocycles. The highest BCUT2D eigenvalue weighted by molar-refractivity contribution is 5.75. The van der Waals surface area contributed by atoms with Gasteiger partial charge in [-0.2, -0.15) is 5.10 Å². The average Bonchev–Trinajstić information content (AvgIpc) is 2.90. The number of carbonyl (C=O) groups is 1. The van der Waals surface area contributed by atoms with Crippen molar-refractivity contribution < 1.29 is 4.79 Å². The third-order valence-electron chi connectivity index (χ3n) is 3.39. The molecular formula is C13H15N5O. The fourth-order valence-electron chi connectivity index (χ4n) is 2.38. The van der Waals surface area contributed by atoms with Gasteiger partial charge in [-0.25, -0.2) is 4.79 Å². The molecule has 1 aliphatic heterocycles. The standard InChI is InChI=1S/C13H15N5O/c1-14-13(19)18-7-4-11-10(8-18)12(17-16-11)9-2-5-15-6-3-9/h2-3,5-6H,4,7-8H2,1H3,(H,14,19)(H,16,17). The summed E-state index contributed by atoms with van der Waals surface area (Å²) in [5.74, 6) is 0. The molecule has 19 heavy (non-hydrogen) atoms. The number of nitrogens with one attached hydrogen (secondary N) is 2. The molecular weight excluding hydrogens is 242 g/mol. The fourth-order valence-corrected chi connectivity index (χ4v) is 2.38. The van der Waals surface area contributed by atoms with E-state index in [2.05, 4.69) is 20.5 Å². The number of carbonyl (C=O) groups excluding carboxylic acids is 1. The molecule has 2 amide bonds. The number of rotatable bonds is 1. The van der Waals surface area contributed by atoms with E-state index in [0.717, 1.165) is 28.9 Å². The molecule has 6 nitrogen and oxygen atoms in total. The first-order valence-corrected chi connectivity index (χ1v) is 6.22. The van der Waals surface area contributed by atoms with E-state index in [-0.39, 0.29) is 6.03 Å². The van der Waals surface area contributed by atoms with Gasteiger partial charge in [-0.15, -0.1) is 0 Å². The Bertz CT molecular complexity index is 592. The van der Waals surface area contributed by atoms with Crippen molar-refractivity contribution in [3.05, 3.63) is 35.8 Å². The number of H-pyrrole nitrogens is 1. The molecule has 2 N–H and O–H groups in total. The van der Waals surface area contributed by atoms with Crippen LogP contribution in [0, 0.1) is 0 Å². The summed E-state index contributed by atoms with van der Waals surface area (Å²) in [5, 5.41) is 10.1. The van der Waals surface area contributed by atoms with Gasteiger partial charge >= 0.3 is 6.03 Å². The van der Waals surface area contributed by atoms with Crippen LogP contribution in [-0.4, -0.2) is 39.7 Å². The number of pyridine rings is 1. The molecule has 0 bridgehead atoms. The van der Waals surface area contributed by atoms with Crippen molar-refractivity contribution in [1.82, 2.24) is 25.4 Å². The second-order valence-electron chi connectivity index (χ2n) is 4.49. The minimum absolute atomic E-state index is 0.0486. The quantitative estimate of drug-likeness (QED) is 0.805. The summed E-state index contributed by atoms with van der Waals surface area (Å²) in [7, 11) is 1.65. The van der Waals surface area contributed by atoms with Gasteiger partial charge in [-0.1, -0.05) is 0 Å². The van der Waals surface area contributed by atoms with Gasteiger partial charge in [0.1, 0.15) is 0 Å². The predicted octanol–water partition coefficient (Wildman–Crippen LogP) is 1.17. The predicted molar refractivity (Wildman–Crippen MR) is 70.4 cm³/mol. The van der Waals surface area contributed by atoms with Crippen molar-refractivity contribution in [2.75, 3.05) is 13.6 Å². The summed E-state index contributed by atoms with van der Waals surface area (Å²) in [4.78, 5) is 17.5. The van der Waals surface area contributed by atoms with E-state index in [4.69, 9.17) is 0 Å². The van der Waals surface area contributed by atoms with Crippen LogP contribution in [0.3, 0.4) is 0 Å². The lowest BCUT2D eigenvalue weighted by Crippen LogP contribution is -2.41. The summed E-state index contributed by atoms with van der Waals surface area (Å²) >= 11 is 0. The number of aromatic amines is 1. The Morgan fingerprint density at radius 3 is 2.95 bits per heavy atom. The van der Waals surface area contributed by atoms with Crippen LogP contribution >= 0.6 is 0 Å². The lowest BCUT2D eigenvalue weighted by molar-refractivity contribution is 0.194. The van der Waals surface area contributed by atoms with Gasteiger partial charge < -0.3 is 10.2 Å². The smallest absolute Gasteiger partial charge is 0.317 e. The number of hydrogen-bond acceptors (Lipinski definition) is 3. The number of aromatic nitrogens is 3. The van der Waals surface area contributed by atoms with Gasteiger partial charge in [-0.3, -0.25) is 10.1 Å². The van der Waals surface area contributed by atoms with Crippen LogP contribution in [0.2, 0.25) is 0 Å². The first-order valence-electron chi connectivity index (χ1n) is 6.22. The number of hydrogen-bond donors (Lipinski definition) is 2. The van der Waals surface area contributed by atoms with E-state index < -0.39 is 0 Å². The molecule has 3 rings (SSSR count). The van der Waals surface area contributed by atoms with Crippen molar-refractivity contribution >= 4 is 6.03 Å². The first kappa shape index (κ1) is 11.7. The molecule has 0 saturated carbocycles. The van der Waals surface area contributed by atoms with Gasteiger partial charge in [0.2, 0.25) is 0 Å². The van der Waals surface area contributed by atoms with Gasteiger partial charge in [0, 0.05) is 49.2 Å². The number of fused-ring (bicyclic) bond motifs is 1. The summed E-state index contributed by atoms with van der Waals surface area (Å²) in [6, 6.07) is 3.80. The Morgan fingerprint density at radius 2 is 2.21 bits per heavy atom. The van der Waals surface area contributed by atoms with E-state index in [1.807, 2.05) is 12.1 Å². The molecule has 0 aromatic carbocycles. The Hall–Kier alpha value is -2.37. The van der Waals surface area contributed by atoms with Gasteiger partial charge in [-0.05, 0) is 12.1 Å². The highest BCUT2D eigenvalue weighted by Gasteiger charge is 2.24. The highest BCUT2D eigenvalue weighted by atomic mass is 16.2. The Labute approximate surface area is 110 Å². The second kappa shape index (κ2) is 4.72. The van der Waals surface area contributed by atoms with E-state index >= 15 is 0 Å². The van der Waals surface area contributed by atoms with E-state index in [9.17, 15) is 4.79 Å². The minimum Gasteiger partial charge on any atom is -0.341 e. The highest BCUT2D eigenvalue weighted by Crippen LogP contribution is 2.27. The molecule has 0 radical (unpaired) electrons. The Balaban J connectivity index is 1.95. The molecule has 0 unspecified atom stereocenters. The maximum absolute atomic E-state index is 11.7. The number of nitrogens with zero attached hydrogens (tertiary/aromatic N) is 3. The summed E-state index contributed by atoms with van der Waals surface area (Å²) in [6.45, 7) is 1.30. The number of amides is 2. The third kappa shape index (κ3) is 2.05. The third-order valence-corrected chi connectivity index (χ3v) is 3.39. The van der Waals surface area contributed by atoms with Crippen LogP contribution in [0.5, 0.6) is 0 Å². The van der Waals surface area contributed by atoms with Crippen LogP contribution < -0.4 is 5.32 Å². The maximum atomic E-state index is 11.7. The topological polar surface area (TPSA) is 73.9 Å². The lowest BCUT2D eigenvalue weighted by atomic mass is 10.0. The van der Waals surface area contributed by atoms with Crippen LogP contribution in [0.4, 0.5) is 4.79 Å². The summed E-state index contributed by atoms with van der Waals surface area (Å²) < 4.78 is 0. The summed E-state index contributed by atoms with van der Waals surface area (Å²) in [6.07, 6.45) is 4.30. The van der Waals surface area contributed by atoms with Crippen molar-refractivity contribution in [3.63, 3.8) is 0 Å². The van der Waals surface area contributed by atoms with Crippen molar-refractivity contribution in [2.24, 2.45) is 0 Å². The minimum atomic E-state index is -0.0486.